The van der Waals surface area contributed by atoms with E-state index in [1.54, 1.807) is 4.90 Å². The summed E-state index contributed by atoms with van der Waals surface area (Å²) in [6, 6.07) is 5.60. The van der Waals surface area contributed by atoms with Crippen molar-refractivity contribution in [2.24, 2.45) is 0 Å². The number of likely N-dealkylation sites (tertiary alicyclic amines) is 1. The fraction of sp³-hybridized carbons (Fsp3) is 0.333. The maximum atomic E-state index is 13.1. The smallest absolute Gasteiger partial charge is 0.267 e. The summed E-state index contributed by atoms with van der Waals surface area (Å²) in [4.78, 5) is 31.2. The van der Waals surface area contributed by atoms with Crippen molar-refractivity contribution in [2.45, 2.75) is 25.8 Å². The topological polar surface area (TPSA) is 81.2 Å². The molecule has 0 spiro atoms. The first kappa shape index (κ1) is 16.4. The number of hydrogen-bond acceptors (Lipinski definition) is 5. The number of aromatic nitrogens is 3. The third-order valence-electron chi connectivity index (χ3n) is 4.60. The maximum absolute atomic E-state index is 13.1. The van der Waals surface area contributed by atoms with E-state index in [4.69, 9.17) is 4.52 Å². The lowest BCUT2D eigenvalue weighted by Gasteiger charge is -2.26. The van der Waals surface area contributed by atoms with Crippen molar-refractivity contribution >= 4 is 17.0 Å². The van der Waals surface area contributed by atoms with E-state index in [2.05, 4.69) is 10.1 Å². The minimum Gasteiger partial charge on any atom is -0.341 e. The van der Waals surface area contributed by atoms with Gasteiger partial charge in [0.2, 0.25) is 5.91 Å². The summed E-state index contributed by atoms with van der Waals surface area (Å²) in [5.41, 5.74) is 0.526. The van der Waals surface area contributed by atoms with Gasteiger partial charge in [-0.2, -0.15) is 0 Å². The van der Waals surface area contributed by atoms with Crippen molar-refractivity contribution in [1.29, 1.82) is 0 Å². The highest BCUT2D eigenvalue weighted by molar-refractivity contribution is 5.88. The van der Waals surface area contributed by atoms with Crippen LogP contribution >= 0.6 is 0 Å². The normalized spacial score (nSPS) is 14.7. The van der Waals surface area contributed by atoms with Crippen LogP contribution < -0.4 is 5.56 Å². The van der Waals surface area contributed by atoms with E-state index >= 15 is 0 Å². The van der Waals surface area contributed by atoms with Gasteiger partial charge < -0.3 is 9.42 Å². The van der Waals surface area contributed by atoms with Gasteiger partial charge in [0.15, 0.2) is 0 Å². The van der Waals surface area contributed by atoms with Crippen LogP contribution in [-0.4, -0.2) is 38.6 Å². The van der Waals surface area contributed by atoms with Crippen LogP contribution in [0.2, 0.25) is 0 Å². The van der Waals surface area contributed by atoms with Crippen LogP contribution in [0.15, 0.2) is 39.9 Å². The quantitative estimate of drug-likeness (QED) is 0.719. The summed E-state index contributed by atoms with van der Waals surface area (Å²) in [5.74, 6) is -0.489. The van der Waals surface area contributed by atoms with E-state index in [1.807, 2.05) is 0 Å². The molecular weight excluding hydrogens is 339 g/mol. The van der Waals surface area contributed by atoms with Crippen molar-refractivity contribution in [1.82, 2.24) is 19.6 Å². The van der Waals surface area contributed by atoms with Gasteiger partial charge in [0.25, 0.3) is 11.3 Å². The van der Waals surface area contributed by atoms with Crippen LogP contribution in [0.25, 0.3) is 22.4 Å². The van der Waals surface area contributed by atoms with Crippen molar-refractivity contribution in [3.8, 4) is 11.3 Å². The lowest BCUT2D eigenvalue weighted by atomic mass is 10.1. The molecule has 3 aromatic rings. The van der Waals surface area contributed by atoms with Crippen molar-refractivity contribution in [2.75, 3.05) is 13.1 Å². The molecule has 1 aliphatic heterocycles. The van der Waals surface area contributed by atoms with Crippen LogP contribution in [0.3, 0.4) is 0 Å². The van der Waals surface area contributed by atoms with Crippen LogP contribution in [0.5, 0.6) is 0 Å². The summed E-state index contributed by atoms with van der Waals surface area (Å²) >= 11 is 0. The fourth-order valence-electron chi connectivity index (χ4n) is 3.19. The van der Waals surface area contributed by atoms with Gasteiger partial charge in [-0.3, -0.25) is 14.2 Å². The van der Waals surface area contributed by atoms with Gasteiger partial charge in [-0.05, 0) is 43.5 Å². The van der Waals surface area contributed by atoms with E-state index in [0.29, 0.717) is 5.56 Å². The maximum Gasteiger partial charge on any atom is 0.267 e. The summed E-state index contributed by atoms with van der Waals surface area (Å²) in [6.45, 7) is 1.37. The number of rotatable bonds is 3. The molecule has 0 radical (unpaired) electrons. The molecule has 0 atom stereocenters. The zero-order chi connectivity index (χ0) is 18.1. The molecule has 2 aromatic heterocycles. The van der Waals surface area contributed by atoms with Gasteiger partial charge in [-0.25, -0.2) is 9.37 Å². The Kier molecular flexibility index (Phi) is 4.24. The summed E-state index contributed by atoms with van der Waals surface area (Å²) in [7, 11) is 0. The average Bonchev–Trinajstić information content (AvgIpc) is 3.10. The molecule has 1 amide bonds. The number of benzene rings is 1. The number of carbonyl (C=O) groups is 1. The zero-order valence-corrected chi connectivity index (χ0v) is 14.0. The van der Waals surface area contributed by atoms with Crippen LogP contribution in [0.4, 0.5) is 4.39 Å². The highest BCUT2D eigenvalue weighted by Crippen LogP contribution is 2.24. The molecule has 0 saturated carbocycles. The summed E-state index contributed by atoms with van der Waals surface area (Å²) < 4.78 is 19.5. The highest BCUT2D eigenvalue weighted by atomic mass is 19.1. The minimum absolute atomic E-state index is 0.0736. The second kappa shape index (κ2) is 6.70. The monoisotopic (exact) mass is 356 g/mol. The second-order valence-electron chi connectivity index (χ2n) is 6.34. The van der Waals surface area contributed by atoms with Gasteiger partial charge in [0, 0.05) is 18.7 Å². The predicted octanol–water partition coefficient (Wildman–Crippen LogP) is 2.20. The molecule has 1 aliphatic rings. The Bertz CT molecular complexity index is 1000. The van der Waals surface area contributed by atoms with Crippen molar-refractivity contribution < 1.29 is 13.7 Å². The van der Waals surface area contributed by atoms with Crippen LogP contribution in [0.1, 0.15) is 19.3 Å². The Morgan fingerprint density at radius 1 is 1.15 bits per heavy atom. The Morgan fingerprint density at radius 3 is 2.62 bits per heavy atom. The molecule has 0 N–H and O–H groups in total. The SMILES string of the molecule is O=C(Cn1cnc2onc(-c3ccc(F)cc3)c2c1=O)N1CCCCC1. The molecule has 8 heteroatoms. The molecule has 0 unspecified atom stereocenters. The first-order valence-electron chi connectivity index (χ1n) is 8.52. The van der Waals surface area contributed by atoms with E-state index in [1.165, 1.54) is 35.2 Å². The fourth-order valence-corrected chi connectivity index (χ4v) is 3.19. The third kappa shape index (κ3) is 2.98. The first-order chi connectivity index (χ1) is 12.6. The summed E-state index contributed by atoms with van der Waals surface area (Å²) in [6.07, 6.45) is 4.39. The van der Waals surface area contributed by atoms with Gasteiger partial charge >= 0.3 is 0 Å². The molecule has 26 heavy (non-hydrogen) atoms. The van der Waals surface area contributed by atoms with Crippen molar-refractivity contribution in [3.63, 3.8) is 0 Å². The lowest BCUT2D eigenvalue weighted by Crippen LogP contribution is -2.39. The highest BCUT2D eigenvalue weighted by Gasteiger charge is 2.20. The van der Waals surface area contributed by atoms with E-state index in [9.17, 15) is 14.0 Å². The Balaban J connectivity index is 1.70. The molecule has 1 aromatic carbocycles. The molecule has 0 aliphatic carbocycles. The van der Waals surface area contributed by atoms with E-state index < -0.39 is 5.56 Å². The number of piperidine rings is 1. The second-order valence-corrected chi connectivity index (χ2v) is 6.34. The van der Waals surface area contributed by atoms with E-state index in [0.717, 1.165) is 32.4 Å². The first-order valence-corrected chi connectivity index (χ1v) is 8.52. The molecule has 3 heterocycles. The Morgan fingerprint density at radius 2 is 1.88 bits per heavy atom. The van der Waals surface area contributed by atoms with Crippen LogP contribution in [0, 0.1) is 5.82 Å². The Hall–Kier alpha value is -3.03. The van der Waals surface area contributed by atoms with E-state index in [-0.39, 0.29) is 35.1 Å². The molecular formula is C18H17FN4O3. The Labute approximate surface area is 148 Å². The van der Waals surface area contributed by atoms with Gasteiger partial charge in [-0.15, -0.1) is 0 Å². The minimum atomic E-state index is -0.402. The summed E-state index contributed by atoms with van der Waals surface area (Å²) in [5, 5.41) is 4.08. The average molecular weight is 356 g/mol. The zero-order valence-electron chi connectivity index (χ0n) is 14.0. The largest absolute Gasteiger partial charge is 0.341 e. The molecule has 0 bridgehead atoms. The lowest BCUT2D eigenvalue weighted by molar-refractivity contribution is -0.132. The molecule has 1 fully saturated rings. The third-order valence-corrected chi connectivity index (χ3v) is 4.60. The van der Waals surface area contributed by atoms with Gasteiger partial charge in [0.05, 0.1) is 0 Å². The number of nitrogens with zero attached hydrogens (tertiary/aromatic N) is 4. The molecule has 1 saturated heterocycles. The predicted molar refractivity (Wildman–Crippen MR) is 91.9 cm³/mol. The van der Waals surface area contributed by atoms with Gasteiger partial charge in [-0.1, -0.05) is 5.16 Å². The standard InChI is InChI=1S/C18H17FN4O3/c19-13-6-4-12(5-7-13)16-15-17(26-21-16)20-11-23(18(15)25)10-14(24)22-8-2-1-3-9-22/h4-7,11H,1-3,8-10H2. The van der Waals surface area contributed by atoms with Crippen molar-refractivity contribution in [3.05, 3.63) is 46.8 Å². The molecule has 7 nitrogen and oxygen atoms in total. The molecule has 134 valence electrons. The van der Waals surface area contributed by atoms with Crippen LogP contribution in [-0.2, 0) is 11.3 Å². The number of hydrogen-bond donors (Lipinski definition) is 0. The number of fused-ring (bicyclic) bond motifs is 1. The number of carbonyl (C=O) groups excluding carboxylic acids is 1. The number of amides is 1. The number of halogens is 1. The molecule has 4 rings (SSSR count). The van der Waals surface area contributed by atoms with Gasteiger partial charge in [0.1, 0.15) is 29.8 Å².